The molecule has 1 aliphatic heterocycles. The summed E-state index contributed by atoms with van der Waals surface area (Å²) in [5.41, 5.74) is 3.12. The molecule has 0 aliphatic carbocycles. The van der Waals surface area contributed by atoms with Gasteiger partial charge in [-0.3, -0.25) is 9.80 Å². The van der Waals surface area contributed by atoms with Gasteiger partial charge in [-0.25, -0.2) is 14.4 Å². The van der Waals surface area contributed by atoms with E-state index in [1.54, 1.807) is 6.33 Å². The Morgan fingerprint density at radius 1 is 1.10 bits per heavy atom. The molecule has 1 fully saturated rings. The summed E-state index contributed by atoms with van der Waals surface area (Å²) in [7, 11) is 1.99. The Morgan fingerprint density at radius 2 is 1.90 bits per heavy atom. The predicted molar refractivity (Wildman–Crippen MR) is 116 cm³/mol. The topological polar surface area (TPSA) is 49.2 Å². The van der Waals surface area contributed by atoms with E-state index in [0.717, 1.165) is 66.3 Å². The first-order chi connectivity index (χ1) is 14.1. The summed E-state index contributed by atoms with van der Waals surface area (Å²) in [6, 6.07) is 8.39. The van der Waals surface area contributed by atoms with Crippen molar-refractivity contribution in [3.63, 3.8) is 0 Å². The zero-order valence-corrected chi connectivity index (χ0v) is 16.8. The minimum atomic E-state index is -0.274. The standard InChI is InChI=1S/C22H27FN6/c1-17(15-29-9-7-28(6-5-23)8-10-29)26-22-12-20-11-18(3-4-19(20)13-25-22)21-14-24-16-27(21)2/h3-4,11-14,16H,1,5-10,15H2,2H3,(H,25,26). The maximum Gasteiger partial charge on any atom is 0.130 e. The number of nitrogens with zero attached hydrogens (tertiary/aromatic N) is 5. The van der Waals surface area contributed by atoms with Gasteiger partial charge < -0.3 is 9.88 Å². The van der Waals surface area contributed by atoms with Crippen LogP contribution >= 0.6 is 0 Å². The van der Waals surface area contributed by atoms with Crippen molar-refractivity contribution >= 4 is 16.6 Å². The number of hydrogen-bond donors (Lipinski definition) is 1. The van der Waals surface area contributed by atoms with E-state index in [9.17, 15) is 4.39 Å². The van der Waals surface area contributed by atoms with Gasteiger partial charge >= 0.3 is 0 Å². The third kappa shape index (κ3) is 4.63. The van der Waals surface area contributed by atoms with Gasteiger partial charge in [-0.15, -0.1) is 0 Å². The van der Waals surface area contributed by atoms with Crippen molar-refractivity contribution in [2.24, 2.45) is 7.05 Å². The fraction of sp³-hybridized carbons (Fsp3) is 0.364. The summed E-state index contributed by atoms with van der Waals surface area (Å²) in [5.74, 6) is 0.792. The Kier molecular flexibility index (Phi) is 5.87. The van der Waals surface area contributed by atoms with E-state index in [4.69, 9.17) is 0 Å². The van der Waals surface area contributed by atoms with E-state index in [-0.39, 0.29) is 6.67 Å². The van der Waals surface area contributed by atoms with Gasteiger partial charge in [-0.1, -0.05) is 18.7 Å². The van der Waals surface area contributed by atoms with E-state index in [0.29, 0.717) is 6.54 Å². The molecular weight excluding hydrogens is 367 g/mol. The second kappa shape index (κ2) is 8.71. The molecule has 0 atom stereocenters. The molecule has 3 aromatic rings. The normalized spacial score (nSPS) is 15.7. The molecule has 152 valence electrons. The van der Waals surface area contributed by atoms with E-state index >= 15 is 0 Å². The van der Waals surface area contributed by atoms with E-state index < -0.39 is 0 Å². The number of pyridine rings is 1. The number of anilines is 1. The highest BCUT2D eigenvalue weighted by Gasteiger charge is 2.17. The first-order valence-corrected chi connectivity index (χ1v) is 9.94. The number of imidazole rings is 1. The van der Waals surface area contributed by atoms with E-state index in [2.05, 4.69) is 55.9 Å². The maximum absolute atomic E-state index is 12.5. The predicted octanol–water partition coefficient (Wildman–Crippen LogP) is 3.15. The van der Waals surface area contributed by atoms with Crippen molar-refractivity contribution < 1.29 is 4.39 Å². The van der Waals surface area contributed by atoms with Gasteiger partial charge in [0, 0.05) is 69.2 Å². The number of halogens is 1. The summed E-state index contributed by atoms with van der Waals surface area (Å²) in [6.45, 7) is 8.87. The van der Waals surface area contributed by atoms with E-state index in [1.807, 2.05) is 24.0 Å². The van der Waals surface area contributed by atoms with Crippen molar-refractivity contribution in [1.29, 1.82) is 0 Å². The quantitative estimate of drug-likeness (QED) is 0.667. The number of fused-ring (bicyclic) bond motifs is 1. The van der Waals surface area contributed by atoms with Crippen LogP contribution in [0.25, 0.3) is 22.0 Å². The molecule has 1 aromatic carbocycles. The molecule has 0 saturated carbocycles. The molecular formula is C22H27FN6. The number of benzene rings is 1. The Labute approximate surface area is 170 Å². The lowest BCUT2D eigenvalue weighted by molar-refractivity contribution is 0.134. The zero-order chi connectivity index (χ0) is 20.2. The maximum atomic E-state index is 12.5. The number of alkyl halides is 1. The Morgan fingerprint density at radius 3 is 2.62 bits per heavy atom. The number of rotatable bonds is 7. The molecule has 0 radical (unpaired) electrons. The summed E-state index contributed by atoms with van der Waals surface area (Å²) in [5, 5.41) is 5.56. The molecule has 0 amide bonds. The number of aromatic nitrogens is 3. The first kappa shape index (κ1) is 19.5. The Hall–Kier alpha value is -2.77. The highest BCUT2D eigenvalue weighted by molar-refractivity contribution is 5.88. The van der Waals surface area contributed by atoms with Crippen molar-refractivity contribution in [2.75, 3.05) is 51.3 Å². The molecule has 1 saturated heterocycles. The molecule has 29 heavy (non-hydrogen) atoms. The lowest BCUT2D eigenvalue weighted by Gasteiger charge is -2.34. The Bertz CT molecular complexity index is 990. The average Bonchev–Trinajstić information content (AvgIpc) is 3.15. The summed E-state index contributed by atoms with van der Waals surface area (Å²) >= 11 is 0. The SMILES string of the molecule is C=C(CN1CCN(CCF)CC1)Nc1cc2cc(-c3cncn3C)ccc2cn1. The monoisotopic (exact) mass is 394 g/mol. The highest BCUT2D eigenvalue weighted by atomic mass is 19.1. The van der Waals surface area contributed by atoms with E-state index in [1.165, 1.54) is 0 Å². The minimum Gasteiger partial charge on any atom is -0.343 e. The molecule has 7 heteroatoms. The van der Waals surface area contributed by atoms with Gasteiger partial charge in [-0.05, 0) is 17.5 Å². The van der Waals surface area contributed by atoms with Gasteiger partial charge in [0.05, 0.1) is 18.2 Å². The number of piperazine rings is 1. The lowest BCUT2D eigenvalue weighted by Crippen LogP contribution is -2.47. The van der Waals surface area contributed by atoms with Crippen LogP contribution < -0.4 is 5.32 Å². The van der Waals surface area contributed by atoms with Crippen LogP contribution in [0.2, 0.25) is 0 Å². The second-order valence-corrected chi connectivity index (χ2v) is 7.56. The number of hydrogen-bond acceptors (Lipinski definition) is 5. The summed E-state index contributed by atoms with van der Waals surface area (Å²) in [6.07, 6.45) is 5.56. The van der Waals surface area contributed by atoms with Crippen molar-refractivity contribution in [3.8, 4) is 11.3 Å². The largest absolute Gasteiger partial charge is 0.343 e. The molecule has 4 rings (SSSR count). The van der Waals surface area contributed by atoms with Gasteiger partial charge in [0.2, 0.25) is 0 Å². The van der Waals surface area contributed by atoms with Crippen molar-refractivity contribution in [1.82, 2.24) is 24.3 Å². The minimum absolute atomic E-state index is 0.274. The highest BCUT2D eigenvalue weighted by Crippen LogP contribution is 2.25. The third-order valence-electron chi connectivity index (χ3n) is 5.42. The second-order valence-electron chi connectivity index (χ2n) is 7.56. The van der Waals surface area contributed by atoms with Crippen LogP contribution in [0.5, 0.6) is 0 Å². The molecule has 1 aliphatic rings. The summed E-state index contributed by atoms with van der Waals surface area (Å²) in [4.78, 5) is 13.2. The molecule has 6 nitrogen and oxygen atoms in total. The molecule has 2 aromatic heterocycles. The van der Waals surface area contributed by atoms with Crippen LogP contribution in [0.15, 0.2) is 55.3 Å². The van der Waals surface area contributed by atoms with Gasteiger partial charge in [-0.2, -0.15) is 0 Å². The van der Waals surface area contributed by atoms with Crippen LogP contribution in [-0.2, 0) is 7.05 Å². The third-order valence-corrected chi connectivity index (χ3v) is 5.42. The summed E-state index contributed by atoms with van der Waals surface area (Å²) < 4.78 is 14.5. The molecule has 3 heterocycles. The number of nitrogens with one attached hydrogen (secondary N) is 1. The molecule has 0 bridgehead atoms. The van der Waals surface area contributed by atoms with Crippen molar-refractivity contribution in [3.05, 3.63) is 55.3 Å². The fourth-order valence-electron chi connectivity index (χ4n) is 3.79. The Balaban J connectivity index is 1.41. The van der Waals surface area contributed by atoms with Gasteiger partial charge in [0.15, 0.2) is 0 Å². The van der Waals surface area contributed by atoms with Crippen LogP contribution in [-0.4, -0.2) is 70.3 Å². The van der Waals surface area contributed by atoms with Crippen LogP contribution in [0.4, 0.5) is 10.2 Å². The molecule has 1 N–H and O–H groups in total. The smallest absolute Gasteiger partial charge is 0.130 e. The number of aryl methyl sites for hydroxylation is 1. The molecule has 0 unspecified atom stereocenters. The van der Waals surface area contributed by atoms with Gasteiger partial charge in [0.1, 0.15) is 12.5 Å². The average molecular weight is 394 g/mol. The lowest BCUT2D eigenvalue weighted by atomic mass is 10.1. The van der Waals surface area contributed by atoms with Crippen molar-refractivity contribution in [2.45, 2.75) is 0 Å². The van der Waals surface area contributed by atoms with Crippen LogP contribution in [0.3, 0.4) is 0 Å². The van der Waals surface area contributed by atoms with Crippen LogP contribution in [0.1, 0.15) is 0 Å². The zero-order valence-electron chi connectivity index (χ0n) is 16.8. The van der Waals surface area contributed by atoms with Gasteiger partial charge in [0.25, 0.3) is 0 Å². The first-order valence-electron chi connectivity index (χ1n) is 9.94. The molecule has 0 spiro atoms. The fourth-order valence-corrected chi connectivity index (χ4v) is 3.79. The van der Waals surface area contributed by atoms with Crippen LogP contribution in [0, 0.1) is 0 Å².